The van der Waals surface area contributed by atoms with E-state index in [1.807, 2.05) is 0 Å². The van der Waals surface area contributed by atoms with Crippen LogP contribution in [0.3, 0.4) is 0 Å². The third-order valence-corrected chi connectivity index (χ3v) is 2.41. The zero-order valence-electron chi connectivity index (χ0n) is 9.77. The molecule has 0 bridgehead atoms. The topological polar surface area (TPSA) is 50.9 Å². The summed E-state index contributed by atoms with van der Waals surface area (Å²) in [6, 6.07) is 1.63. The van der Waals surface area contributed by atoms with E-state index in [1.165, 1.54) is 12.3 Å². The monoisotopic (exact) mass is 271 g/mol. The zero-order chi connectivity index (χ0) is 14.2. The zero-order valence-corrected chi connectivity index (χ0v) is 9.77. The average molecular weight is 271 g/mol. The highest BCUT2D eigenvalue weighted by atomic mass is 19.2. The SMILES string of the molecule is Cc1cnc(Nc2c(F)c(F)cc(F)c2F)c(N)c1. The van der Waals surface area contributed by atoms with Crippen molar-refractivity contribution >= 4 is 17.2 Å². The van der Waals surface area contributed by atoms with E-state index in [9.17, 15) is 17.6 Å². The maximum absolute atomic E-state index is 13.4. The summed E-state index contributed by atoms with van der Waals surface area (Å²) >= 11 is 0. The summed E-state index contributed by atoms with van der Waals surface area (Å²) in [5, 5.41) is 2.15. The molecule has 0 radical (unpaired) electrons. The molecule has 3 nitrogen and oxygen atoms in total. The number of nitrogens with two attached hydrogens (primary N) is 1. The van der Waals surface area contributed by atoms with Gasteiger partial charge in [-0.2, -0.15) is 0 Å². The normalized spacial score (nSPS) is 10.6. The van der Waals surface area contributed by atoms with E-state index in [0.29, 0.717) is 0 Å². The Morgan fingerprint density at radius 1 is 1.05 bits per heavy atom. The van der Waals surface area contributed by atoms with Gasteiger partial charge in [-0.05, 0) is 18.6 Å². The first kappa shape index (κ1) is 13.1. The second-order valence-electron chi connectivity index (χ2n) is 3.92. The smallest absolute Gasteiger partial charge is 0.185 e. The highest BCUT2D eigenvalue weighted by Gasteiger charge is 2.20. The van der Waals surface area contributed by atoms with Gasteiger partial charge in [0.25, 0.3) is 0 Å². The molecule has 0 aliphatic carbocycles. The fourth-order valence-corrected chi connectivity index (χ4v) is 1.50. The standard InChI is InChI=1S/C12H9F4N3/c1-5-2-8(17)12(18-4-5)19-11-9(15)6(13)3-7(14)10(11)16/h2-4H,17H2,1H3,(H,18,19). The lowest BCUT2D eigenvalue weighted by Gasteiger charge is -2.11. The Morgan fingerprint density at radius 3 is 2.16 bits per heavy atom. The molecule has 19 heavy (non-hydrogen) atoms. The van der Waals surface area contributed by atoms with E-state index >= 15 is 0 Å². The second-order valence-corrected chi connectivity index (χ2v) is 3.92. The van der Waals surface area contributed by atoms with Gasteiger partial charge in [-0.25, -0.2) is 22.5 Å². The number of nitrogen functional groups attached to an aromatic ring is 1. The summed E-state index contributed by atoms with van der Waals surface area (Å²) in [5.74, 6) is -6.19. The Labute approximate surface area is 106 Å². The van der Waals surface area contributed by atoms with Gasteiger partial charge in [0.2, 0.25) is 0 Å². The van der Waals surface area contributed by atoms with E-state index in [4.69, 9.17) is 5.73 Å². The van der Waals surface area contributed by atoms with Crippen LogP contribution in [0.15, 0.2) is 18.3 Å². The molecule has 0 fully saturated rings. The molecule has 100 valence electrons. The number of aryl methyl sites for hydroxylation is 1. The number of pyridine rings is 1. The Balaban J connectivity index is 2.49. The van der Waals surface area contributed by atoms with Crippen LogP contribution < -0.4 is 11.1 Å². The maximum atomic E-state index is 13.4. The van der Waals surface area contributed by atoms with Crippen LogP contribution in [0.25, 0.3) is 0 Å². The predicted octanol–water partition coefficient (Wildman–Crippen LogP) is 3.27. The number of hydrogen-bond acceptors (Lipinski definition) is 3. The lowest BCUT2D eigenvalue weighted by molar-refractivity contribution is 0.459. The van der Waals surface area contributed by atoms with Crippen LogP contribution in [0.2, 0.25) is 0 Å². The maximum Gasteiger partial charge on any atom is 0.185 e. The first-order valence-electron chi connectivity index (χ1n) is 5.22. The Hall–Kier alpha value is -2.31. The predicted molar refractivity (Wildman–Crippen MR) is 62.9 cm³/mol. The molecule has 1 aromatic heterocycles. The van der Waals surface area contributed by atoms with Crippen molar-refractivity contribution in [3.8, 4) is 0 Å². The van der Waals surface area contributed by atoms with Crippen LogP contribution in [0.5, 0.6) is 0 Å². The van der Waals surface area contributed by atoms with Crippen molar-refractivity contribution in [2.75, 3.05) is 11.1 Å². The molecule has 3 N–H and O–H groups in total. The van der Waals surface area contributed by atoms with Crippen molar-refractivity contribution in [3.63, 3.8) is 0 Å². The van der Waals surface area contributed by atoms with Gasteiger partial charge in [-0.1, -0.05) is 0 Å². The van der Waals surface area contributed by atoms with Gasteiger partial charge < -0.3 is 11.1 Å². The Kier molecular flexibility index (Phi) is 3.28. The van der Waals surface area contributed by atoms with Crippen molar-refractivity contribution in [2.45, 2.75) is 6.92 Å². The first-order chi connectivity index (χ1) is 8.90. The van der Waals surface area contributed by atoms with Crippen LogP contribution in [-0.2, 0) is 0 Å². The number of anilines is 3. The van der Waals surface area contributed by atoms with E-state index < -0.39 is 29.0 Å². The van der Waals surface area contributed by atoms with Crippen LogP contribution in [-0.4, -0.2) is 4.98 Å². The van der Waals surface area contributed by atoms with E-state index in [2.05, 4.69) is 10.3 Å². The molecule has 0 aliphatic rings. The van der Waals surface area contributed by atoms with Gasteiger partial charge in [0.05, 0.1) is 5.69 Å². The van der Waals surface area contributed by atoms with E-state index in [1.54, 1.807) is 6.92 Å². The first-order valence-corrected chi connectivity index (χ1v) is 5.22. The summed E-state index contributed by atoms with van der Waals surface area (Å²) in [6.45, 7) is 1.72. The number of nitrogens with zero attached hydrogens (tertiary/aromatic N) is 1. The molecule has 0 saturated carbocycles. The third kappa shape index (κ3) is 2.44. The van der Waals surface area contributed by atoms with Gasteiger partial charge in [0.1, 0.15) is 5.69 Å². The fraction of sp³-hybridized carbons (Fsp3) is 0.0833. The second kappa shape index (κ2) is 4.75. The van der Waals surface area contributed by atoms with Gasteiger partial charge in [0, 0.05) is 12.3 Å². The molecule has 0 amide bonds. The Bertz CT molecular complexity index is 617. The van der Waals surface area contributed by atoms with Gasteiger partial charge in [-0.3, -0.25) is 0 Å². The molecule has 0 saturated heterocycles. The quantitative estimate of drug-likeness (QED) is 0.651. The lowest BCUT2D eigenvalue weighted by Crippen LogP contribution is -2.06. The molecular weight excluding hydrogens is 262 g/mol. The number of nitrogens with one attached hydrogen (secondary N) is 1. The van der Waals surface area contributed by atoms with Crippen molar-refractivity contribution in [3.05, 3.63) is 47.2 Å². The molecule has 2 aromatic rings. The summed E-state index contributed by atoms with van der Waals surface area (Å²) in [4.78, 5) is 3.80. The fourth-order valence-electron chi connectivity index (χ4n) is 1.50. The van der Waals surface area contributed by atoms with Crippen LogP contribution in [0.4, 0.5) is 34.8 Å². The van der Waals surface area contributed by atoms with Gasteiger partial charge in [-0.15, -0.1) is 0 Å². The lowest BCUT2D eigenvalue weighted by atomic mass is 10.2. The molecule has 7 heteroatoms. The Morgan fingerprint density at radius 2 is 1.63 bits per heavy atom. The molecular formula is C12H9F4N3. The van der Waals surface area contributed by atoms with Gasteiger partial charge >= 0.3 is 0 Å². The number of aromatic nitrogens is 1. The van der Waals surface area contributed by atoms with E-state index in [-0.39, 0.29) is 17.6 Å². The number of benzene rings is 1. The minimum atomic E-state index is -1.54. The number of rotatable bonds is 2. The highest BCUT2D eigenvalue weighted by molar-refractivity contribution is 5.69. The molecule has 0 spiro atoms. The highest BCUT2D eigenvalue weighted by Crippen LogP contribution is 2.28. The van der Waals surface area contributed by atoms with Crippen LogP contribution in [0.1, 0.15) is 5.56 Å². The van der Waals surface area contributed by atoms with Crippen molar-refractivity contribution in [1.29, 1.82) is 0 Å². The summed E-state index contributed by atoms with van der Waals surface area (Å²) in [7, 11) is 0. The molecule has 1 aromatic carbocycles. The third-order valence-electron chi connectivity index (χ3n) is 2.41. The van der Waals surface area contributed by atoms with Crippen molar-refractivity contribution in [2.24, 2.45) is 0 Å². The minimum Gasteiger partial charge on any atom is -0.396 e. The number of hydrogen-bond donors (Lipinski definition) is 2. The summed E-state index contributed by atoms with van der Waals surface area (Å²) in [5.41, 5.74) is 5.45. The minimum absolute atomic E-state index is 0.0894. The molecule has 0 aliphatic heterocycles. The molecule has 0 unspecified atom stereocenters. The summed E-state index contributed by atoms with van der Waals surface area (Å²) in [6.07, 6.45) is 1.39. The van der Waals surface area contributed by atoms with Crippen LogP contribution >= 0.6 is 0 Å². The molecule has 0 atom stereocenters. The molecule has 1 heterocycles. The van der Waals surface area contributed by atoms with E-state index in [0.717, 1.165) is 5.56 Å². The number of halogens is 4. The molecule has 2 rings (SSSR count). The van der Waals surface area contributed by atoms with Crippen molar-refractivity contribution < 1.29 is 17.6 Å². The largest absolute Gasteiger partial charge is 0.396 e. The van der Waals surface area contributed by atoms with Crippen LogP contribution in [0, 0.1) is 30.2 Å². The van der Waals surface area contributed by atoms with Crippen molar-refractivity contribution in [1.82, 2.24) is 4.98 Å². The van der Waals surface area contributed by atoms with Gasteiger partial charge in [0.15, 0.2) is 29.1 Å². The summed E-state index contributed by atoms with van der Waals surface area (Å²) < 4.78 is 52.9. The average Bonchev–Trinajstić information content (AvgIpc) is 2.34.